The molecule has 7 nitrogen and oxygen atoms in total. The van der Waals surface area contributed by atoms with Crippen LogP contribution in [0.1, 0.15) is 13.3 Å². The van der Waals surface area contributed by atoms with Crippen LogP contribution in [0.5, 0.6) is 5.75 Å². The first-order chi connectivity index (χ1) is 9.92. The van der Waals surface area contributed by atoms with E-state index in [1.54, 1.807) is 18.2 Å². The molecule has 0 bridgehead atoms. The fourth-order valence-corrected chi connectivity index (χ4v) is 2.29. The van der Waals surface area contributed by atoms with Crippen molar-refractivity contribution in [1.82, 2.24) is 0 Å². The molecule has 1 unspecified atom stereocenters. The summed E-state index contributed by atoms with van der Waals surface area (Å²) in [6.45, 7) is 1.47. The van der Waals surface area contributed by atoms with Crippen LogP contribution >= 0.6 is 0 Å². The van der Waals surface area contributed by atoms with Crippen LogP contribution in [0.2, 0.25) is 0 Å². The molecule has 0 spiro atoms. The highest BCUT2D eigenvalue weighted by Gasteiger charge is 2.36. The van der Waals surface area contributed by atoms with Gasteiger partial charge >= 0.3 is 5.97 Å². The molecule has 1 fully saturated rings. The Hall–Kier alpha value is -2.57. The summed E-state index contributed by atoms with van der Waals surface area (Å²) in [6.07, 6.45) is -0.0388. The third kappa shape index (κ3) is 3.13. The topological polar surface area (TPSA) is 95.9 Å². The standard InChI is InChI=1S/C14H16N2O5/c1-8(17)15-10-3-4-12(21-2)11(6-10)16-7-9(14(19)20)5-13(16)18/h3-4,6,9H,5,7H2,1-2H3,(H,15,17)(H,19,20). The first kappa shape index (κ1) is 14.8. The minimum absolute atomic E-state index is 0.0388. The van der Waals surface area contributed by atoms with Gasteiger partial charge in [-0.1, -0.05) is 0 Å². The van der Waals surface area contributed by atoms with Crippen LogP contribution in [0.3, 0.4) is 0 Å². The quantitative estimate of drug-likeness (QED) is 0.866. The van der Waals surface area contributed by atoms with Crippen molar-refractivity contribution >= 4 is 29.2 Å². The number of hydrogen-bond acceptors (Lipinski definition) is 4. The number of carboxylic acids is 1. The zero-order valence-electron chi connectivity index (χ0n) is 11.8. The van der Waals surface area contributed by atoms with Crippen LogP contribution in [-0.2, 0) is 14.4 Å². The van der Waals surface area contributed by atoms with Crippen molar-refractivity contribution in [3.63, 3.8) is 0 Å². The molecule has 1 aromatic rings. The van der Waals surface area contributed by atoms with Gasteiger partial charge in [-0.15, -0.1) is 0 Å². The lowest BCUT2D eigenvalue weighted by Gasteiger charge is -2.20. The number of aliphatic carboxylic acids is 1. The SMILES string of the molecule is COc1ccc(NC(C)=O)cc1N1CC(C(=O)O)CC1=O. The Morgan fingerprint density at radius 3 is 2.67 bits per heavy atom. The lowest BCUT2D eigenvalue weighted by molar-refractivity contribution is -0.141. The lowest BCUT2D eigenvalue weighted by Crippen LogP contribution is -2.26. The van der Waals surface area contributed by atoms with Crippen molar-refractivity contribution in [2.45, 2.75) is 13.3 Å². The van der Waals surface area contributed by atoms with E-state index in [4.69, 9.17) is 9.84 Å². The van der Waals surface area contributed by atoms with E-state index < -0.39 is 11.9 Å². The maximum atomic E-state index is 12.0. The smallest absolute Gasteiger partial charge is 0.308 e. The van der Waals surface area contributed by atoms with Crippen molar-refractivity contribution in [2.24, 2.45) is 5.92 Å². The van der Waals surface area contributed by atoms with Crippen molar-refractivity contribution in [1.29, 1.82) is 0 Å². The van der Waals surface area contributed by atoms with Gasteiger partial charge in [0.1, 0.15) is 5.75 Å². The Bertz CT molecular complexity index is 599. The van der Waals surface area contributed by atoms with Gasteiger partial charge in [-0.3, -0.25) is 14.4 Å². The van der Waals surface area contributed by atoms with Gasteiger partial charge < -0.3 is 20.1 Å². The lowest BCUT2D eigenvalue weighted by atomic mass is 10.1. The molecule has 2 amide bonds. The molecular weight excluding hydrogens is 276 g/mol. The minimum Gasteiger partial charge on any atom is -0.495 e. The Balaban J connectivity index is 2.35. The van der Waals surface area contributed by atoms with Gasteiger partial charge in [0.25, 0.3) is 0 Å². The molecule has 2 rings (SSSR count). The van der Waals surface area contributed by atoms with E-state index in [1.165, 1.54) is 18.9 Å². The fraction of sp³-hybridized carbons (Fsp3) is 0.357. The molecule has 1 aliphatic heterocycles. The zero-order valence-corrected chi connectivity index (χ0v) is 11.8. The molecule has 2 N–H and O–H groups in total. The normalized spacial score (nSPS) is 17.7. The molecule has 0 radical (unpaired) electrons. The van der Waals surface area contributed by atoms with Gasteiger partial charge in [0.05, 0.1) is 18.7 Å². The monoisotopic (exact) mass is 292 g/mol. The molecule has 0 aliphatic carbocycles. The van der Waals surface area contributed by atoms with E-state index in [9.17, 15) is 14.4 Å². The summed E-state index contributed by atoms with van der Waals surface area (Å²) in [5.41, 5.74) is 0.974. The number of carboxylic acid groups (broad SMARTS) is 1. The number of benzene rings is 1. The highest BCUT2D eigenvalue weighted by Crippen LogP contribution is 2.35. The molecular formula is C14H16N2O5. The Morgan fingerprint density at radius 2 is 2.14 bits per heavy atom. The number of carbonyl (C=O) groups is 3. The van der Waals surface area contributed by atoms with Crippen LogP contribution in [0.4, 0.5) is 11.4 Å². The summed E-state index contributed by atoms with van der Waals surface area (Å²) in [4.78, 5) is 35.5. The summed E-state index contributed by atoms with van der Waals surface area (Å²) < 4.78 is 5.21. The zero-order chi connectivity index (χ0) is 15.6. The fourth-order valence-electron chi connectivity index (χ4n) is 2.29. The molecule has 1 saturated heterocycles. The Morgan fingerprint density at radius 1 is 1.43 bits per heavy atom. The molecule has 1 aromatic carbocycles. The van der Waals surface area contributed by atoms with E-state index in [0.717, 1.165) is 0 Å². The summed E-state index contributed by atoms with van der Waals surface area (Å²) >= 11 is 0. The number of nitrogens with zero attached hydrogens (tertiary/aromatic N) is 1. The number of ether oxygens (including phenoxy) is 1. The number of amides is 2. The van der Waals surface area contributed by atoms with Gasteiger partial charge in [0, 0.05) is 25.6 Å². The second-order valence-electron chi connectivity index (χ2n) is 4.81. The molecule has 7 heteroatoms. The highest BCUT2D eigenvalue weighted by molar-refractivity contribution is 6.01. The molecule has 1 heterocycles. The number of anilines is 2. The minimum atomic E-state index is -0.997. The molecule has 0 saturated carbocycles. The number of nitrogens with one attached hydrogen (secondary N) is 1. The highest BCUT2D eigenvalue weighted by atomic mass is 16.5. The van der Waals surface area contributed by atoms with Gasteiger partial charge in [-0.2, -0.15) is 0 Å². The van der Waals surface area contributed by atoms with Crippen LogP contribution in [0, 0.1) is 5.92 Å². The molecule has 112 valence electrons. The Labute approximate surface area is 121 Å². The van der Waals surface area contributed by atoms with E-state index in [-0.39, 0.29) is 24.8 Å². The summed E-state index contributed by atoms with van der Waals surface area (Å²) in [6, 6.07) is 4.88. The van der Waals surface area contributed by atoms with Crippen LogP contribution in [0.15, 0.2) is 18.2 Å². The summed E-state index contributed by atoms with van der Waals surface area (Å²) in [5.74, 6) is -1.79. The predicted octanol–water partition coefficient (Wildman–Crippen LogP) is 1.09. The van der Waals surface area contributed by atoms with Gasteiger partial charge in [0.2, 0.25) is 11.8 Å². The number of rotatable bonds is 4. The van der Waals surface area contributed by atoms with E-state index in [1.807, 2.05) is 0 Å². The first-order valence-corrected chi connectivity index (χ1v) is 6.41. The second-order valence-corrected chi connectivity index (χ2v) is 4.81. The van der Waals surface area contributed by atoms with Crippen LogP contribution < -0.4 is 15.0 Å². The molecule has 0 aromatic heterocycles. The third-order valence-corrected chi connectivity index (χ3v) is 3.26. The average molecular weight is 292 g/mol. The van der Waals surface area contributed by atoms with Gasteiger partial charge in [-0.05, 0) is 18.2 Å². The van der Waals surface area contributed by atoms with Crippen molar-refractivity contribution in [3.05, 3.63) is 18.2 Å². The number of carbonyl (C=O) groups excluding carboxylic acids is 2. The molecule has 1 aliphatic rings. The maximum absolute atomic E-state index is 12.0. The van der Waals surface area contributed by atoms with Gasteiger partial charge in [-0.25, -0.2) is 0 Å². The van der Waals surface area contributed by atoms with Crippen LogP contribution in [0.25, 0.3) is 0 Å². The Kier molecular flexibility index (Phi) is 4.11. The second kappa shape index (κ2) is 5.82. The van der Waals surface area contributed by atoms with Crippen LogP contribution in [-0.4, -0.2) is 36.5 Å². The summed E-state index contributed by atoms with van der Waals surface area (Å²) in [7, 11) is 1.46. The predicted molar refractivity (Wildman–Crippen MR) is 75.4 cm³/mol. The van der Waals surface area contributed by atoms with Gasteiger partial charge in [0.15, 0.2) is 0 Å². The molecule has 1 atom stereocenters. The molecule has 21 heavy (non-hydrogen) atoms. The van der Waals surface area contributed by atoms with Crippen molar-refractivity contribution in [2.75, 3.05) is 23.9 Å². The average Bonchev–Trinajstić information content (AvgIpc) is 2.80. The largest absolute Gasteiger partial charge is 0.495 e. The van der Waals surface area contributed by atoms with Crippen molar-refractivity contribution < 1.29 is 24.2 Å². The van der Waals surface area contributed by atoms with E-state index in [2.05, 4.69) is 5.32 Å². The van der Waals surface area contributed by atoms with E-state index in [0.29, 0.717) is 17.1 Å². The first-order valence-electron chi connectivity index (χ1n) is 6.41. The number of hydrogen-bond donors (Lipinski definition) is 2. The third-order valence-electron chi connectivity index (χ3n) is 3.26. The van der Waals surface area contributed by atoms with E-state index >= 15 is 0 Å². The summed E-state index contributed by atoms with van der Waals surface area (Å²) in [5, 5.41) is 11.6. The van der Waals surface area contributed by atoms with Crippen molar-refractivity contribution in [3.8, 4) is 5.75 Å². The maximum Gasteiger partial charge on any atom is 0.308 e. The number of methoxy groups -OCH3 is 1.